The molecule has 2 aromatic rings. The molecule has 0 saturated heterocycles. The van der Waals surface area contributed by atoms with Gasteiger partial charge in [0.1, 0.15) is 0 Å². The Bertz CT molecular complexity index is 598. The Hall–Kier alpha value is -1.38. The molecule has 0 aliphatic carbocycles. The Morgan fingerprint density at radius 1 is 1.05 bits per heavy atom. The van der Waals surface area contributed by atoms with Gasteiger partial charge in [0.25, 0.3) is 0 Å². The van der Waals surface area contributed by atoms with Crippen LogP contribution in [0.4, 0.5) is 0 Å². The second-order valence-electron chi connectivity index (χ2n) is 4.38. The molecule has 3 rings (SSSR count). The Kier molecular flexibility index (Phi) is 3.54. The van der Waals surface area contributed by atoms with Crippen LogP contribution in [0.5, 0.6) is 11.5 Å². The molecule has 1 aliphatic heterocycles. The quantitative estimate of drug-likeness (QED) is 0.771. The summed E-state index contributed by atoms with van der Waals surface area (Å²) in [5, 5.41) is 0.600. The van der Waals surface area contributed by atoms with Crippen molar-refractivity contribution in [1.82, 2.24) is 0 Å². The summed E-state index contributed by atoms with van der Waals surface area (Å²) in [6, 6.07) is 13.5. The molecule has 1 unspecified atom stereocenters. The molecule has 19 heavy (non-hydrogen) atoms. The van der Waals surface area contributed by atoms with Crippen molar-refractivity contribution in [1.29, 1.82) is 0 Å². The minimum atomic E-state index is -0.144. The third kappa shape index (κ3) is 2.65. The van der Waals surface area contributed by atoms with Gasteiger partial charge < -0.3 is 9.47 Å². The summed E-state index contributed by atoms with van der Waals surface area (Å²) in [6.45, 7) is 0.274. The zero-order chi connectivity index (χ0) is 13.2. The lowest BCUT2D eigenvalue weighted by molar-refractivity contribution is 0.174. The van der Waals surface area contributed by atoms with E-state index in [1.807, 2.05) is 42.5 Å². The molecule has 1 aliphatic rings. The van der Waals surface area contributed by atoms with E-state index in [9.17, 15) is 0 Å². The molecule has 0 radical (unpaired) electrons. The van der Waals surface area contributed by atoms with E-state index in [0.717, 1.165) is 27.6 Å². The van der Waals surface area contributed by atoms with Gasteiger partial charge in [0.15, 0.2) is 11.5 Å². The van der Waals surface area contributed by atoms with Crippen LogP contribution in [-0.2, 0) is 6.42 Å². The number of hydrogen-bond acceptors (Lipinski definition) is 2. The van der Waals surface area contributed by atoms with Crippen LogP contribution in [0.3, 0.4) is 0 Å². The maximum absolute atomic E-state index is 6.46. The number of fused-ring (bicyclic) bond motifs is 1. The van der Waals surface area contributed by atoms with E-state index in [1.165, 1.54) is 0 Å². The van der Waals surface area contributed by atoms with Crippen molar-refractivity contribution < 1.29 is 9.47 Å². The number of ether oxygens (including phenoxy) is 2. The highest BCUT2D eigenvalue weighted by Crippen LogP contribution is 2.37. The molecule has 2 nitrogen and oxygen atoms in total. The summed E-state index contributed by atoms with van der Waals surface area (Å²) in [5.74, 6) is 1.52. The lowest BCUT2D eigenvalue weighted by Crippen LogP contribution is -1.96. The average Bonchev–Trinajstić information content (AvgIpc) is 2.88. The van der Waals surface area contributed by atoms with E-state index in [0.29, 0.717) is 6.42 Å². The van der Waals surface area contributed by atoms with Gasteiger partial charge in [-0.1, -0.05) is 35.9 Å². The molecule has 2 aromatic carbocycles. The van der Waals surface area contributed by atoms with E-state index < -0.39 is 0 Å². The minimum absolute atomic E-state index is 0.144. The Morgan fingerprint density at radius 2 is 1.84 bits per heavy atom. The molecule has 1 atom stereocenters. The smallest absolute Gasteiger partial charge is 0.231 e. The van der Waals surface area contributed by atoms with Crippen molar-refractivity contribution >= 4 is 23.2 Å². The highest BCUT2D eigenvalue weighted by atomic mass is 35.5. The largest absolute Gasteiger partial charge is 0.454 e. The maximum Gasteiger partial charge on any atom is 0.231 e. The molecule has 1 heterocycles. The van der Waals surface area contributed by atoms with Crippen LogP contribution < -0.4 is 9.47 Å². The molecule has 0 saturated carbocycles. The summed E-state index contributed by atoms with van der Waals surface area (Å²) in [6.07, 6.45) is 0.681. The van der Waals surface area contributed by atoms with Gasteiger partial charge in [0.05, 0.1) is 5.38 Å². The summed E-state index contributed by atoms with van der Waals surface area (Å²) in [7, 11) is 0. The monoisotopic (exact) mass is 294 g/mol. The van der Waals surface area contributed by atoms with Crippen LogP contribution in [0.2, 0.25) is 5.02 Å². The van der Waals surface area contributed by atoms with Crippen LogP contribution in [0.1, 0.15) is 16.5 Å². The molecule has 98 valence electrons. The molecule has 0 fully saturated rings. The molecule has 0 spiro atoms. The minimum Gasteiger partial charge on any atom is -0.454 e. The van der Waals surface area contributed by atoms with Crippen molar-refractivity contribution in [3.63, 3.8) is 0 Å². The van der Waals surface area contributed by atoms with Crippen LogP contribution in [0, 0.1) is 0 Å². The second kappa shape index (κ2) is 5.32. The van der Waals surface area contributed by atoms with E-state index in [-0.39, 0.29) is 12.2 Å². The first kappa shape index (κ1) is 12.6. The fourth-order valence-corrected chi connectivity index (χ4v) is 2.60. The Morgan fingerprint density at radius 3 is 2.68 bits per heavy atom. The Balaban J connectivity index is 1.81. The molecule has 0 N–H and O–H groups in total. The van der Waals surface area contributed by atoms with E-state index >= 15 is 0 Å². The van der Waals surface area contributed by atoms with E-state index in [1.54, 1.807) is 0 Å². The highest BCUT2D eigenvalue weighted by Gasteiger charge is 2.17. The number of alkyl halides is 1. The van der Waals surface area contributed by atoms with Gasteiger partial charge in [0.2, 0.25) is 6.79 Å². The van der Waals surface area contributed by atoms with Crippen LogP contribution in [0.15, 0.2) is 42.5 Å². The normalized spacial score (nSPS) is 14.4. The van der Waals surface area contributed by atoms with Crippen molar-refractivity contribution in [2.75, 3.05) is 6.79 Å². The predicted molar refractivity (Wildman–Crippen MR) is 76.3 cm³/mol. The standard InChI is InChI=1S/C15H12Cl2O2/c16-12-4-2-1-3-10(12)7-13(17)11-5-6-14-15(8-11)19-9-18-14/h1-6,8,13H,7,9H2. The van der Waals surface area contributed by atoms with E-state index in [2.05, 4.69) is 0 Å². The first-order chi connectivity index (χ1) is 9.24. The summed E-state index contributed by atoms with van der Waals surface area (Å²) >= 11 is 12.6. The van der Waals surface area contributed by atoms with Gasteiger partial charge in [-0.05, 0) is 35.7 Å². The maximum atomic E-state index is 6.46. The van der Waals surface area contributed by atoms with Crippen molar-refractivity contribution in [2.45, 2.75) is 11.8 Å². The summed E-state index contributed by atoms with van der Waals surface area (Å²) in [5.41, 5.74) is 2.05. The van der Waals surface area contributed by atoms with Gasteiger partial charge in [-0.3, -0.25) is 0 Å². The number of hydrogen-bond donors (Lipinski definition) is 0. The topological polar surface area (TPSA) is 18.5 Å². The van der Waals surface area contributed by atoms with Crippen molar-refractivity contribution in [2.24, 2.45) is 0 Å². The number of halogens is 2. The van der Waals surface area contributed by atoms with Crippen molar-refractivity contribution in [3.8, 4) is 11.5 Å². The summed E-state index contributed by atoms with van der Waals surface area (Å²) in [4.78, 5) is 0. The van der Waals surface area contributed by atoms with Crippen LogP contribution >= 0.6 is 23.2 Å². The molecule has 0 bridgehead atoms. The SMILES string of the molecule is Clc1ccccc1CC(Cl)c1ccc2c(c1)OCO2. The second-order valence-corrected chi connectivity index (χ2v) is 5.31. The number of benzene rings is 2. The number of rotatable bonds is 3. The fraction of sp³-hybridized carbons (Fsp3) is 0.200. The third-order valence-corrected chi connectivity index (χ3v) is 3.89. The molecule has 0 aromatic heterocycles. The van der Waals surface area contributed by atoms with E-state index in [4.69, 9.17) is 32.7 Å². The zero-order valence-corrected chi connectivity index (χ0v) is 11.6. The van der Waals surface area contributed by atoms with Crippen LogP contribution in [0.25, 0.3) is 0 Å². The highest BCUT2D eigenvalue weighted by molar-refractivity contribution is 6.31. The molecule has 4 heteroatoms. The van der Waals surface area contributed by atoms with Gasteiger partial charge in [0, 0.05) is 5.02 Å². The average molecular weight is 295 g/mol. The summed E-state index contributed by atoms with van der Waals surface area (Å²) < 4.78 is 10.6. The zero-order valence-electron chi connectivity index (χ0n) is 10.1. The first-order valence-corrected chi connectivity index (χ1v) is 6.82. The lowest BCUT2D eigenvalue weighted by Gasteiger charge is -2.11. The van der Waals surface area contributed by atoms with Gasteiger partial charge in [-0.25, -0.2) is 0 Å². The van der Waals surface area contributed by atoms with Crippen LogP contribution in [-0.4, -0.2) is 6.79 Å². The fourth-order valence-electron chi connectivity index (χ4n) is 2.08. The molecule has 0 amide bonds. The van der Waals surface area contributed by atoms with Crippen molar-refractivity contribution in [3.05, 3.63) is 58.6 Å². The van der Waals surface area contributed by atoms with Gasteiger partial charge in [-0.2, -0.15) is 0 Å². The third-order valence-electron chi connectivity index (χ3n) is 3.12. The Labute approximate surface area is 121 Å². The lowest BCUT2D eigenvalue weighted by atomic mass is 10.0. The van der Waals surface area contributed by atoms with Gasteiger partial charge >= 0.3 is 0 Å². The molecular weight excluding hydrogens is 283 g/mol. The van der Waals surface area contributed by atoms with Gasteiger partial charge in [-0.15, -0.1) is 11.6 Å². The first-order valence-electron chi connectivity index (χ1n) is 6.01. The predicted octanol–water partition coefficient (Wildman–Crippen LogP) is 4.59. The molecular formula is C15H12Cl2O2.